The molecule has 2 aromatic rings. The van der Waals surface area contributed by atoms with Gasteiger partial charge in [-0.25, -0.2) is 0 Å². The van der Waals surface area contributed by atoms with Gasteiger partial charge in [-0.05, 0) is 60.6 Å². The van der Waals surface area contributed by atoms with Crippen LogP contribution in [0, 0.1) is 0 Å². The maximum Gasteiger partial charge on any atom is 0.255 e. The molecule has 0 saturated carbocycles. The van der Waals surface area contributed by atoms with Crippen LogP contribution in [0.15, 0.2) is 53.9 Å². The van der Waals surface area contributed by atoms with Crippen molar-refractivity contribution in [1.29, 1.82) is 0 Å². The minimum atomic E-state index is -0.614. The summed E-state index contributed by atoms with van der Waals surface area (Å²) in [7, 11) is 0. The molecular formula is C29H34ClN3O3S. The van der Waals surface area contributed by atoms with Crippen LogP contribution < -0.4 is 10.6 Å². The molecule has 0 spiro atoms. The Morgan fingerprint density at radius 2 is 2.00 bits per heavy atom. The lowest BCUT2D eigenvalue weighted by atomic mass is 9.88. The van der Waals surface area contributed by atoms with E-state index in [4.69, 9.17) is 11.6 Å². The van der Waals surface area contributed by atoms with Crippen molar-refractivity contribution in [1.82, 2.24) is 15.5 Å². The molecule has 0 bridgehead atoms. The number of imide groups is 1. The normalized spacial score (nSPS) is 17.6. The molecule has 1 fully saturated rings. The molecule has 2 aromatic carbocycles. The molecule has 2 N–H and O–H groups in total. The molecule has 2 aliphatic rings. The Bertz CT molecular complexity index is 1210. The zero-order chi connectivity index (χ0) is 26.6. The highest BCUT2D eigenvalue weighted by atomic mass is 35.5. The predicted molar refractivity (Wildman–Crippen MR) is 148 cm³/mol. The van der Waals surface area contributed by atoms with E-state index in [9.17, 15) is 14.4 Å². The number of benzene rings is 2. The Balaban J connectivity index is 1.42. The number of rotatable bonds is 11. The van der Waals surface area contributed by atoms with Crippen molar-refractivity contribution in [2.75, 3.05) is 0 Å². The highest BCUT2D eigenvalue weighted by Gasteiger charge is 2.39. The number of carbonyl (C=O) groups excluding carboxylic acids is 3. The highest BCUT2D eigenvalue weighted by molar-refractivity contribution is 7.98. The first-order chi connectivity index (χ1) is 17.8. The van der Waals surface area contributed by atoms with Gasteiger partial charge in [-0.15, -0.1) is 18.3 Å². The lowest BCUT2D eigenvalue weighted by Gasteiger charge is -2.32. The van der Waals surface area contributed by atoms with Gasteiger partial charge in [0.1, 0.15) is 6.04 Å². The Morgan fingerprint density at radius 1 is 1.22 bits per heavy atom. The van der Waals surface area contributed by atoms with Gasteiger partial charge in [0.05, 0.1) is 0 Å². The predicted octanol–water partition coefficient (Wildman–Crippen LogP) is 5.62. The first-order valence-electron chi connectivity index (χ1n) is 12.8. The Hall–Kier alpha value is -2.61. The van der Waals surface area contributed by atoms with E-state index in [1.165, 1.54) is 0 Å². The SMILES string of the molecule is C=CCC(CC)(CC)NCc1ccc(CSc2cccc3c2CN(C2CCC(=O)NC2=O)C3=O)c(Cl)c1. The standard InChI is InChI=1S/C29H34ClN3O3S/c1-4-14-29(5-2,6-3)31-16-19-10-11-20(23(30)15-19)18-37-25-9-7-8-21-22(25)17-33(28(21)36)24-12-13-26(34)32-27(24)35/h4,7-11,15,24,31H,1,5-6,12-14,16-18H2,2-3H3,(H,32,34,35). The molecule has 8 heteroatoms. The summed E-state index contributed by atoms with van der Waals surface area (Å²) >= 11 is 8.31. The van der Waals surface area contributed by atoms with Crippen molar-refractivity contribution in [3.63, 3.8) is 0 Å². The summed E-state index contributed by atoms with van der Waals surface area (Å²) in [6.45, 7) is 9.42. The van der Waals surface area contributed by atoms with Gasteiger partial charge in [-0.2, -0.15) is 0 Å². The third-order valence-electron chi connectivity index (χ3n) is 7.60. The average Bonchev–Trinajstić information content (AvgIpc) is 3.23. The van der Waals surface area contributed by atoms with Crippen LogP contribution in [-0.4, -0.2) is 34.2 Å². The van der Waals surface area contributed by atoms with Crippen molar-refractivity contribution < 1.29 is 14.4 Å². The zero-order valence-electron chi connectivity index (χ0n) is 21.4. The molecule has 4 rings (SSSR count). The summed E-state index contributed by atoms with van der Waals surface area (Å²) in [5, 5.41) is 6.78. The van der Waals surface area contributed by atoms with Crippen molar-refractivity contribution in [3.05, 3.63) is 76.3 Å². The van der Waals surface area contributed by atoms with Crippen LogP contribution in [0.3, 0.4) is 0 Å². The van der Waals surface area contributed by atoms with Crippen molar-refractivity contribution in [2.45, 2.75) is 81.3 Å². The molecule has 37 heavy (non-hydrogen) atoms. The maximum atomic E-state index is 13.1. The Labute approximate surface area is 228 Å². The van der Waals surface area contributed by atoms with Crippen LogP contribution in [0.2, 0.25) is 5.02 Å². The largest absolute Gasteiger partial charge is 0.322 e. The van der Waals surface area contributed by atoms with Crippen LogP contribution in [-0.2, 0) is 28.4 Å². The summed E-state index contributed by atoms with van der Waals surface area (Å²) in [5.41, 5.74) is 3.77. The number of carbonyl (C=O) groups is 3. The second-order valence-corrected chi connectivity index (χ2v) is 11.2. The summed E-state index contributed by atoms with van der Waals surface area (Å²) in [6, 6.07) is 11.3. The molecule has 3 amide bonds. The Kier molecular flexibility index (Phi) is 8.78. The van der Waals surface area contributed by atoms with Gasteiger partial charge < -0.3 is 10.2 Å². The molecule has 0 radical (unpaired) electrons. The quantitative estimate of drug-likeness (QED) is 0.220. The molecule has 6 nitrogen and oxygen atoms in total. The first kappa shape index (κ1) is 27.4. The van der Waals surface area contributed by atoms with Gasteiger partial charge >= 0.3 is 0 Å². The number of thioether (sulfide) groups is 1. The monoisotopic (exact) mass is 539 g/mol. The summed E-state index contributed by atoms with van der Waals surface area (Å²) in [5.74, 6) is -0.173. The van der Waals surface area contributed by atoms with E-state index in [0.29, 0.717) is 24.3 Å². The second kappa shape index (κ2) is 11.8. The van der Waals surface area contributed by atoms with Crippen LogP contribution >= 0.6 is 23.4 Å². The molecule has 2 aliphatic heterocycles. The molecule has 0 aromatic heterocycles. The minimum absolute atomic E-state index is 0.0512. The van der Waals surface area contributed by atoms with Crippen molar-refractivity contribution >= 4 is 41.1 Å². The number of hydrogen-bond donors (Lipinski definition) is 2. The van der Waals surface area contributed by atoms with E-state index in [2.05, 4.69) is 43.2 Å². The summed E-state index contributed by atoms with van der Waals surface area (Å²) in [6.07, 6.45) is 5.56. The van der Waals surface area contributed by atoms with E-state index < -0.39 is 11.9 Å². The van der Waals surface area contributed by atoms with E-state index >= 15 is 0 Å². The number of amides is 3. The lowest BCUT2D eigenvalue weighted by Crippen LogP contribution is -2.52. The zero-order valence-corrected chi connectivity index (χ0v) is 23.0. The van der Waals surface area contributed by atoms with Gasteiger partial charge in [0, 0.05) is 46.3 Å². The Morgan fingerprint density at radius 3 is 2.68 bits per heavy atom. The highest BCUT2D eigenvalue weighted by Crippen LogP contribution is 2.36. The molecular weight excluding hydrogens is 506 g/mol. The van der Waals surface area contributed by atoms with E-state index in [0.717, 1.165) is 52.4 Å². The van der Waals surface area contributed by atoms with Crippen LogP contribution in [0.4, 0.5) is 0 Å². The first-order valence-corrected chi connectivity index (χ1v) is 14.2. The van der Waals surface area contributed by atoms with E-state index in [1.54, 1.807) is 22.7 Å². The number of halogens is 1. The fraction of sp³-hybridized carbons (Fsp3) is 0.414. The smallest absolute Gasteiger partial charge is 0.255 e. The number of nitrogens with zero attached hydrogens (tertiary/aromatic N) is 1. The van der Waals surface area contributed by atoms with Gasteiger partial charge in [0.25, 0.3) is 5.91 Å². The molecule has 0 aliphatic carbocycles. The van der Waals surface area contributed by atoms with Gasteiger partial charge in [-0.3, -0.25) is 19.7 Å². The third kappa shape index (κ3) is 5.95. The van der Waals surface area contributed by atoms with Gasteiger partial charge in [-0.1, -0.05) is 49.7 Å². The molecule has 1 atom stereocenters. The summed E-state index contributed by atoms with van der Waals surface area (Å²) < 4.78 is 0. The maximum absolute atomic E-state index is 13.1. The number of nitrogens with one attached hydrogen (secondary N) is 2. The molecule has 1 unspecified atom stereocenters. The van der Waals surface area contributed by atoms with Crippen LogP contribution in [0.25, 0.3) is 0 Å². The van der Waals surface area contributed by atoms with Crippen molar-refractivity contribution in [3.8, 4) is 0 Å². The van der Waals surface area contributed by atoms with Gasteiger partial charge in [0.15, 0.2) is 0 Å². The van der Waals surface area contributed by atoms with E-state index in [1.807, 2.05) is 24.3 Å². The lowest BCUT2D eigenvalue weighted by molar-refractivity contribution is -0.136. The molecule has 196 valence electrons. The number of hydrogen-bond acceptors (Lipinski definition) is 5. The average molecular weight is 540 g/mol. The fourth-order valence-corrected chi connectivity index (χ4v) is 6.53. The topological polar surface area (TPSA) is 78.5 Å². The van der Waals surface area contributed by atoms with Crippen LogP contribution in [0.1, 0.15) is 73.0 Å². The molecule has 2 heterocycles. The molecule has 1 saturated heterocycles. The third-order valence-corrected chi connectivity index (χ3v) is 9.10. The minimum Gasteiger partial charge on any atom is -0.322 e. The van der Waals surface area contributed by atoms with Gasteiger partial charge in [0.2, 0.25) is 11.8 Å². The van der Waals surface area contributed by atoms with Crippen molar-refractivity contribution in [2.24, 2.45) is 0 Å². The summed E-state index contributed by atoms with van der Waals surface area (Å²) in [4.78, 5) is 39.6. The fourth-order valence-electron chi connectivity index (χ4n) is 5.09. The number of piperidine rings is 1. The van der Waals surface area contributed by atoms with E-state index in [-0.39, 0.29) is 23.8 Å². The number of fused-ring (bicyclic) bond motifs is 1. The second-order valence-electron chi connectivity index (χ2n) is 9.73. The van der Waals surface area contributed by atoms with Crippen LogP contribution in [0.5, 0.6) is 0 Å².